The van der Waals surface area contributed by atoms with Crippen molar-refractivity contribution in [2.24, 2.45) is 5.73 Å². The van der Waals surface area contributed by atoms with Crippen LogP contribution in [0.3, 0.4) is 0 Å². The fourth-order valence-corrected chi connectivity index (χ4v) is 2.27. The minimum atomic E-state index is -0.0899. The van der Waals surface area contributed by atoms with Crippen molar-refractivity contribution in [3.63, 3.8) is 0 Å². The first kappa shape index (κ1) is 13.2. The maximum absolute atomic E-state index is 7.45. The molecule has 2 rings (SSSR count). The zero-order valence-corrected chi connectivity index (χ0v) is 11.9. The van der Waals surface area contributed by atoms with Crippen molar-refractivity contribution < 1.29 is 0 Å². The van der Waals surface area contributed by atoms with Crippen LogP contribution in [0.2, 0.25) is 0 Å². The van der Waals surface area contributed by atoms with Crippen LogP contribution >= 0.6 is 15.9 Å². The number of anilines is 2. The molecule has 1 fully saturated rings. The Morgan fingerprint density at radius 1 is 1.50 bits per heavy atom. The number of nitrogens with one attached hydrogen (secondary N) is 1. The van der Waals surface area contributed by atoms with Gasteiger partial charge in [-0.15, -0.1) is 0 Å². The summed E-state index contributed by atoms with van der Waals surface area (Å²) in [5, 5.41) is 7.45. The van der Waals surface area contributed by atoms with E-state index in [2.05, 4.69) is 37.7 Å². The van der Waals surface area contributed by atoms with Gasteiger partial charge in [-0.1, -0.05) is 0 Å². The molecule has 0 aliphatic carbocycles. The Morgan fingerprint density at radius 3 is 2.61 bits per heavy atom. The molecule has 1 aromatic rings. The predicted octanol–water partition coefficient (Wildman–Crippen LogP) is 1.10. The quantitative estimate of drug-likeness (QED) is 0.709. The molecule has 1 aliphatic heterocycles. The van der Waals surface area contributed by atoms with Gasteiger partial charge in [-0.2, -0.15) is 0 Å². The van der Waals surface area contributed by atoms with Gasteiger partial charge in [-0.25, -0.2) is 9.97 Å². The second-order valence-electron chi connectivity index (χ2n) is 4.92. The summed E-state index contributed by atoms with van der Waals surface area (Å²) in [4.78, 5) is 10.6. The summed E-state index contributed by atoms with van der Waals surface area (Å²) in [5.41, 5.74) is 12.2. The minimum absolute atomic E-state index is 0.0899. The zero-order valence-electron chi connectivity index (χ0n) is 10.3. The smallest absolute Gasteiger partial charge is 0.154 e. The summed E-state index contributed by atoms with van der Waals surface area (Å²) in [6.45, 7) is 3.78. The normalized spacial score (nSPS) is 18.7. The molecule has 7 heteroatoms. The molecule has 1 aliphatic rings. The van der Waals surface area contributed by atoms with Crippen LogP contribution in [0.5, 0.6) is 0 Å². The number of halogens is 1. The van der Waals surface area contributed by atoms with Crippen LogP contribution in [-0.4, -0.2) is 33.2 Å². The van der Waals surface area contributed by atoms with Crippen molar-refractivity contribution in [2.45, 2.75) is 25.3 Å². The fourth-order valence-electron chi connectivity index (χ4n) is 1.96. The lowest BCUT2D eigenvalue weighted by atomic mass is 9.91. The fraction of sp³-hybridized carbons (Fsp3) is 0.545. The summed E-state index contributed by atoms with van der Waals surface area (Å²) in [6, 6.07) is 0. The lowest BCUT2D eigenvalue weighted by Crippen LogP contribution is -2.48. The van der Waals surface area contributed by atoms with E-state index in [1.54, 1.807) is 6.20 Å². The van der Waals surface area contributed by atoms with Gasteiger partial charge in [0.2, 0.25) is 0 Å². The maximum Gasteiger partial charge on any atom is 0.154 e. The van der Waals surface area contributed by atoms with E-state index in [4.69, 9.17) is 16.9 Å². The molecule has 0 atom stereocenters. The van der Waals surface area contributed by atoms with Crippen molar-refractivity contribution >= 4 is 32.2 Å². The van der Waals surface area contributed by atoms with E-state index >= 15 is 0 Å². The highest BCUT2D eigenvalue weighted by Crippen LogP contribution is 2.23. The van der Waals surface area contributed by atoms with E-state index in [1.807, 2.05) is 0 Å². The molecule has 98 valence electrons. The lowest BCUT2D eigenvalue weighted by molar-refractivity contribution is 0.363. The molecule has 6 nitrogen and oxygen atoms in total. The van der Waals surface area contributed by atoms with Crippen LogP contribution in [0.15, 0.2) is 6.20 Å². The summed E-state index contributed by atoms with van der Waals surface area (Å²) in [7, 11) is 0. The van der Waals surface area contributed by atoms with Gasteiger partial charge in [0.25, 0.3) is 0 Å². The van der Waals surface area contributed by atoms with Crippen molar-refractivity contribution in [3.05, 3.63) is 11.9 Å². The number of hydrogen-bond acceptors (Lipinski definition) is 6. The van der Waals surface area contributed by atoms with Gasteiger partial charge < -0.3 is 16.4 Å². The second-order valence-corrected chi connectivity index (χ2v) is 5.71. The van der Waals surface area contributed by atoms with Gasteiger partial charge in [-0.3, -0.25) is 5.41 Å². The van der Waals surface area contributed by atoms with Crippen LogP contribution in [0.25, 0.3) is 0 Å². The van der Waals surface area contributed by atoms with Crippen LogP contribution < -0.4 is 16.4 Å². The topological polar surface area (TPSA) is 105 Å². The molecule has 0 aromatic carbocycles. The van der Waals surface area contributed by atoms with Crippen molar-refractivity contribution in [2.75, 3.05) is 23.7 Å². The first-order valence-corrected chi connectivity index (χ1v) is 6.59. The molecule has 0 unspecified atom stereocenters. The van der Waals surface area contributed by atoms with Crippen molar-refractivity contribution in [3.8, 4) is 0 Å². The number of nitrogens with two attached hydrogens (primary N) is 2. The minimum Gasteiger partial charge on any atom is -0.382 e. The third kappa shape index (κ3) is 2.78. The Hall–Kier alpha value is -1.21. The number of hydrogen-bond donors (Lipinski definition) is 3. The van der Waals surface area contributed by atoms with Gasteiger partial charge in [0.05, 0.1) is 6.20 Å². The second kappa shape index (κ2) is 4.81. The van der Waals surface area contributed by atoms with Crippen molar-refractivity contribution in [1.29, 1.82) is 5.41 Å². The Kier molecular flexibility index (Phi) is 3.54. The maximum atomic E-state index is 7.45. The van der Waals surface area contributed by atoms with Crippen LogP contribution in [-0.2, 0) is 0 Å². The Bertz CT molecular complexity index is 463. The van der Waals surface area contributed by atoms with Gasteiger partial charge in [0.1, 0.15) is 16.1 Å². The van der Waals surface area contributed by atoms with E-state index in [0.717, 1.165) is 31.7 Å². The van der Waals surface area contributed by atoms with E-state index in [0.29, 0.717) is 5.69 Å². The van der Waals surface area contributed by atoms with E-state index in [-0.39, 0.29) is 16.0 Å². The third-order valence-electron chi connectivity index (χ3n) is 3.22. The van der Waals surface area contributed by atoms with Gasteiger partial charge in [0.15, 0.2) is 5.82 Å². The highest BCUT2D eigenvalue weighted by molar-refractivity contribution is 9.18. The average Bonchev–Trinajstić information content (AvgIpc) is 2.28. The molecular formula is C11H17BrN6. The monoisotopic (exact) mass is 312 g/mol. The number of piperidine rings is 1. The van der Waals surface area contributed by atoms with Crippen molar-refractivity contribution in [1.82, 2.24) is 9.97 Å². The summed E-state index contributed by atoms with van der Waals surface area (Å²) >= 11 is 3.04. The van der Waals surface area contributed by atoms with Gasteiger partial charge in [-0.05, 0) is 35.7 Å². The van der Waals surface area contributed by atoms with Gasteiger partial charge >= 0.3 is 0 Å². The van der Waals surface area contributed by atoms with E-state index in [1.165, 1.54) is 0 Å². The summed E-state index contributed by atoms with van der Waals surface area (Å²) in [6.07, 6.45) is 3.50. The Morgan fingerprint density at radius 2 is 2.11 bits per heavy atom. The Labute approximate surface area is 114 Å². The molecule has 0 bridgehead atoms. The number of nitrogens with zero attached hydrogens (tertiary/aromatic N) is 3. The molecule has 5 N–H and O–H groups in total. The molecule has 2 heterocycles. The number of rotatable bonds is 2. The molecule has 0 radical (unpaired) electrons. The van der Waals surface area contributed by atoms with Gasteiger partial charge in [0, 0.05) is 18.6 Å². The van der Waals surface area contributed by atoms with Crippen LogP contribution in [0.4, 0.5) is 11.6 Å². The summed E-state index contributed by atoms with van der Waals surface area (Å²) in [5.74, 6) is 1.02. The Balaban J connectivity index is 2.16. The van der Waals surface area contributed by atoms with Crippen LogP contribution in [0.1, 0.15) is 25.5 Å². The van der Waals surface area contributed by atoms with E-state index in [9.17, 15) is 0 Å². The van der Waals surface area contributed by atoms with Crippen LogP contribution in [0, 0.1) is 5.41 Å². The molecule has 1 saturated heterocycles. The molecule has 0 saturated carbocycles. The van der Waals surface area contributed by atoms with E-state index < -0.39 is 0 Å². The first-order valence-electron chi connectivity index (χ1n) is 5.80. The molecule has 0 amide bonds. The largest absolute Gasteiger partial charge is 0.382 e. The zero-order chi connectivity index (χ0) is 13.3. The highest BCUT2D eigenvalue weighted by Gasteiger charge is 2.26. The summed E-state index contributed by atoms with van der Waals surface area (Å²) < 4.78 is 0.146. The number of aromatic nitrogens is 2. The average molecular weight is 313 g/mol. The third-order valence-corrected chi connectivity index (χ3v) is 3.60. The standard InChI is InChI=1S/C11H17BrN6/c1-11(15)2-4-18(5-3-11)7-6-16-8(9(12)13)10(14)17-7/h6,13H,2-5,15H2,1H3,(H2,14,17). The highest BCUT2D eigenvalue weighted by atomic mass is 79.9. The lowest BCUT2D eigenvalue weighted by Gasteiger charge is -2.37. The molecule has 0 spiro atoms. The SMILES string of the molecule is CC1(N)CCN(c2cnc(C(=N)Br)c(N)n2)CC1. The number of nitrogen functional groups attached to an aromatic ring is 1. The molecule has 1 aromatic heterocycles. The predicted molar refractivity (Wildman–Crippen MR) is 76.2 cm³/mol. The molecule has 18 heavy (non-hydrogen) atoms. The first-order chi connectivity index (χ1) is 8.39. The molecular weight excluding hydrogens is 296 g/mol.